The van der Waals surface area contributed by atoms with Gasteiger partial charge in [-0.25, -0.2) is 0 Å². The van der Waals surface area contributed by atoms with E-state index in [-0.39, 0.29) is 11.9 Å². The second kappa shape index (κ2) is 6.60. The van der Waals surface area contributed by atoms with Gasteiger partial charge in [0.25, 0.3) is 0 Å². The monoisotopic (exact) mass is 198 g/mol. The molecule has 0 rings (SSSR count). The lowest BCUT2D eigenvalue weighted by Gasteiger charge is -2.21. The van der Waals surface area contributed by atoms with Crippen LogP contribution in [-0.2, 0) is 4.79 Å². The van der Waals surface area contributed by atoms with E-state index in [0.29, 0.717) is 6.54 Å². The van der Waals surface area contributed by atoms with Crippen molar-refractivity contribution >= 4 is 5.91 Å². The summed E-state index contributed by atoms with van der Waals surface area (Å²) in [5.41, 5.74) is 1.27. The Morgan fingerprint density at radius 1 is 1.43 bits per heavy atom. The molecule has 3 heteroatoms. The zero-order valence-electron chi connectivity index (χ0n) is 9.92. The van der Waals surface area contributed by atoms with Crippen LogP contribution in [0.4, 0.5) is 0 Å². The van der Waals surface area contributed by atoms with E-state index in [2.05, 4.69) is 11.4 Å². The summed E-state index contributed by atoms with van der Waals surface area (Å²) in [5.74, 6) is 0.141. The number of hydrogen-bond donors (Lipinski definition) is 1. The van der Waals surface area contributed by atoms with E-state index in [1.807, 2.05) is 34.7 Å². The van der Waals surface area contributed by atoms with Crippen molar-refractivity contribution in [2.75, 3.05) is 20.1 Å². The van der Waals surface area contributed by atoms with Crippen LogP contribution >= 0.6 is 0 Å². The van der Waals surface area contributed by atoms with Crippen LogP contribution in [0.3, 0.4) is 0 Å². The molecule has 0 aromatic heterocycles. The van der Waals surface area contributed by atoms with Gasteiger partial charge in [0.1, 0.15) is 0 Å². The maximum absolute atomic E-state index is 11.5. The van der Waals surface area contributed by atoms with Crippen molar-refractivity contribution < 1.29 is 4.79 Å². The predicted octanol–water partition coefficient (Wildman–Crippen LogP) is 1.41. The van der Waals surface area contributed by atoms with Gasteiger partial charge in [-0.15, -0.1) is 0 Å². The lowest BCUT2D eigenvalue weighted by atomic mass is 10.3. The normalized spacial score (nSPS) is 10.1. The molecule has 0 saturated carbocycles. The van der Waals surface area contributed by atoms with Gasteiger partial charge < -0.3 is 10.2 Å². The molecule has 82 valence electrons. The summed E-state index contributed by atoms with van der Waals surface area (Å²) >= 11 is 0. The Kier molecular flexibility index (Phi) is 6.21. The van der Waals surface area contributed by atoms with E-state index in [1.165, 1.54) is 5.57 Å². The van der Waals surface area contributed by atoms with Crippen molar-refractivity contribution in [1.82, 2.24) is 10.2 Å². The number of amides is 1. The molecule has 0 aromatic rings. The highest BCUT2D eigenvalue weighted by Crippen LogP contribution is 1.93. The molecule has 1 N–H and O–H groups in total. The van der Waals surface area contributed by atoms with Gasteiger partial charge in [-0.3, -0.25) is 4.79 Å². The Hall–Kier alpha value is -0.830. The molecular weight excluding hydrogens is 176 g/mol. The maximum Gasteiger partial charge on any atom is 0.236 e. The van der Waals surface area contributed by atoms with Crippen LogP contribution in [0.25, 0.3) is 0 Å². The first-order valence-corrected chi connectivity index (χ1v) is 5.05. The first-order chi connectivity index (χ1) is 6.45. The third-order valence-corrected chi connectivity index (χ3v) is 2.10. The fourth-order valence-corrected chi connectivity index (χ4v) is 0.868. The van der Waals surface area contributed by atoms with E-state index >= 15 is 0 Å². The zero-order valence-corrected chi connectivity index (χ0v) is 9.92. The Bertz CT molecular complexity index is 205. The lowest BCUT2D eigenvalue weighted by Crippen LogP contribution is -2.39. The summed E-state index contributed by atoms with van der Waals surface area (Å²) in [6.07, 6.45) is 2.07. The maximum atomic E-state index is 11.5. The second-order valence-electron chi connectivity index (χ2n) is 4.01. The molecule has 14 heavy (non-hydrogen) atoms. The van der Waals surface area contributed by atoms with Gasteiger partial charge in [-0.2, -0.15) is 0 Å². The lowest BCUT2D eigenvalue weighted by molar-refractivity contribution is -0.130. The van der Waals surface area contributed by atoms with Gasteiger partial charge >= 0.3 is 0 Å². The summed E-state index contributed by atoms with van der Waals surface area (Å²) in [4.78, 5) is 13.2. The number of hydrogen-bond acceptors (Lipinski definition) is 2. The predicted molar refractivity (Wildman–Crippen MR) is 60.2 cm³/mol. The number of nitrogens with one attached hydrogen (secondary N) is 1. The van der Waals surface area contributed by atoms with E-state index < -0.39 is 0 Å². The molecule has 0 saturated heterocycles. The molecule has 0 atom stereocenters. The van der Waals surface area contributed by atoms with Gasteiger partial charge in [0.05, 0.1) is 6.54 Å². The van der Waals surface area contributed by atoms with Crippen LogP contribution in [0.2, 0.25) is 0 Å². The number of carbonyl (C=O) groups excluding carboxylic acids is 1. The Morgan fingerprint density at radius 3 is 2.43 bits per heavy atom. The summed E-state index contributed by atoms with van der Waals surface area (Å²) in [5, 5.41) is 3.08. The highest BCUT2D eigenvalue weighted by molar-refractivity contribution is 5.78. The van der Waals surface area contributed by atoms with Crippen LogP contribution in [0, 0.1) is 0 Å². The molecule has 0 aliphatic carbocycles. The van der Waals surface area contributed by atoms with Crippen LogP contribution < -0.4 is 5.32 Å². The molecule has 0 heterocycles. The largest absolute Gasteiger partial charge is 0.342 e. The van der Waals surface area contributed by atoms with Crippen molar-refractivity contribution in [3.63, 3.8) is 0 Å². The van der Waals surface area contributed by atoms with Crippen molar-refractivity contribution in [2.24, 2.45) is 0 Å². The average molecular weight is 198 g/mol. The van der Waals surface area contributed by atoms with Gasteiger partial charge in [0.15, 0.2) is 0 Å². The van der Waals surface area contributed by atoms with Gasteiger partial charge in [0.2, 0.25) is 5.91 Å². The molecule has 0 aromatic carbocycles. The standard InChI is InChI=1S/C11H22N2O/c1-9(2)6-7-12-8-11(14)13(5)10(3)4/h6,10,12H,7-8H2,1-5H3. The topological polar surface area (TPSA) is 32.3 Å². The minimum atomic E-state index is 0.141. The summed E-state index contributed by atoms with van der Waals surface area (Å²) in [7, 11) is 1.83. The fourth-order valence-electron chi connectivity index (χ4n) is 0.868. The smallest absolute Gasteiger partial charge is 0.236 e. The highest BCUT2D eigenvalue weighted by Gasteiger charge is 2.09. The average Bonchev–Trinajstić information content (AvgIpc) is 2.10. The second-order valence-corrected chi connectivity index (χ2v) is 4.01. The molecule has 3 nitrogen and oxygen atoms in total. The molecule has 0 aliphatic heterocycles. The summed E-state index contributed by atoms with van der Waals surface area (Å²) < 4.78 is 0. The molecule has 0 radical (unpaired) electrons. The molecule has 0 unspecified atom stereocenters. The third-order valence-electron chi connectivity index (χ3n) is 2.10. The van der Waals surface area contributed by atoms with E-state index in [9.17, 15) is 4.79 Å². The van der Waals surface area contributed by atoms with Crippen LogP contribution in [0.5, 0.6) is 0 Å². The van der Waals surface area contributed by atoms with Crippen LogP contribution in [0.15, 0.2) is 11.6 Å². The van der Waals surface area contributed by atoms with E-state index in [0.717, 1.165) is 6.54 Å². The number of nitrogens with zero attached hydrogens (tertiary/aromatic N) is 1. The minimum Gasteiger partial charge on any atom is -0.342 e. The van der Waals surface area contributed by atoms with Crippen LogP contribution in [-0.4, -0.2) is 37.0 Å². The van der Waals surface area contributed by atoms with Crippen molar-refractivity contribution in [3.05, 3.63) is 11.6 Å². The number of carbonyl (C=O) groups is 1. The number of likely N-dealkylation sites (N-methyl/N-ethyl adjacent to an activating group) is 1. The molecule has 0 fully saturated rings. The summed E-state index contributed by atoms with van der Waals surface area (Å²) in [6, 6.07) is 0.271. The highest BCUT2D eigenvalue weighted by atomic mass is 16.2. The summed E-state index contributed by atoms with van der Waals surface area (Å²) in [6.45, 7) is 9.29. The molecule has 0 spiro atoms. The Morgan fingerprint density at radius 2 is 2.00 bits per heavy atom. The van der Waals surface area contributed by atoms with Gasteiger partial charge in [-0.05, 0) is 27.7 Å². The van der Waals surface area contributed by atoms with Crippen molar-refractivity contribution in [3.8, 4) is 0 Å². The van der Waals surface area contributed by atoms with Crippen molar-refractivity contribution in [2.45, 2.75) is 33.7 Å². The number of rotatable bonds is 5. The van der Waals surface area contributed by atoms with Crippen LogP contribution in [0.1, 0.15) is 27.7 Å². The third kappa shape index (κ3) is 5.75. The SMILES string of the molecule is CC(C)=CCNCC(=O)N(C)C(C)C. The minimum absolute atomic E-state index is 0.141. The Balaban J connectivity index is 3.70. The van der Waals surface area contributed by atoms with Gasteiger partial charge in [-0.1, -0.05) is 11.6 Å². The van der Waals surface area contributed by atoms with E-state index in [4.69, 9.17) is 0 Å². The number of allylic oxidation sites excluding steroid dienone is 1. The Labute approximate surface area is 87.2 Å². The first-order valence-electron chi connectivity index (χ1n) is 5.05. The molecular formula is C11H22N2O. The quantitative estimate of drug-likeness (QED) is 0.535. The molecule has 1 amide bonds. The molecule has 0 bridgehead atoms. The zero-order chi connectivity index (χ0) is 11.1. The fraction of sp³-hybridized carbons (Fsp3) is 0.727. The van der Waals surface area contributed by atoms with Gasteiger partial charge in [0, 0.05) is 19.6 Å². The molecule has 0 aliphatic rings. The van der Waals surface area contributed by atoms with E-state index in [1.54, 1.807) is 4.90 Å². The first kappa shape index (κ1) is 13.2. The van der Waals surface area contributed by atoms with Crippen molar-refractivity contribution in [1.29, 1.82) is 0 Å².